The first kappa shape index (κ1) is 20.4. The molecule has 0 bridgehead atoms. The summed E-state index contributed by atoms with van der Waals surface area (Å²) in [5, 5.41) is 17.1. The molecule has 4 rings (SSSR count). The maximum atomic E-state index is 12.4. The normalized spacial score (nSPS) is 16.5. The van der Waals surface area contributed by atoms with E-state index in [9.17, 15) is 14.7 Å². The summed E-state index contributed by atoms with van der Waals surface area (Å²) >= 11 is 0. The van der Waals surface area contributed by atoms with Crippen LogP contribution in [0.2, 0.25) is 0 Å². The molecular formula is C22H23N5O4. The zero-order valence-corrected chi connectivity index (χ0v) is 17.1. The van der Waals surface area contributed by atoms with E-state index in [0.717, 1.165) is 29.4 Å². The summed E-state index contributed by atoms with van der Waals surface area (Å²) in [6.07, 6.45) is 7.79. The van der Waals surface area contributed by atoms with Gasteiger partial charge in [-0.2, -0.15) is 5.10 Å². The van der Waals surface area contributed by atoms with Crippen LogP contribution in [0.25, 0.3) is 5.69 Å². The van der Waals surface area contributed by atoms with Crippen LogP contribution in [0.3, 0.4) is 0 Å². The molecule has 1 aromatic carbocycles. The summed E-state index contributed by atoms with van der Waals surface area (Å²) in [6, 6.07) is 10.5. The standard InChI is InChI=1S/C22H23N5O4/c1-31-17-8-4-7-16(12-17)27-21(29)18(20(28)25-22(27)30)14-24-26-11-3-2-9-19(26)15-6-5-10-23-13-15/h4-8,10,12-14,19,29H,2-3,9,11H2,1H3,(H,25,28,30)/b24-14+/t19-/m1/s1. The number of aromatic amines is 1. The predicted octanol–water partition coefficient (Wildman–Crippen LogP) is 2.20. The third-order valence-electron chi connectivity index (χ3n) is 5.31. The second kappa shape index (κ2) is 8.86. The van der Waals surface area contributed by atoms with Gasteiger partial charge in [0.15, 0.2) is 0 Å². The highest BCUT2D eigenvalue weighted by molar-refractivity contribution is 5.82. The molecule has 2 N–H and O–H groups in total. The van der Waals surface area contributed by atoms with Crippen LogP contribution >= 0.6 is 0 Å². The number of hydrogen-bond donors (Lipinski definition) is 2. The van der Waals surface area contributed by atoms with Crippen LogP contribution in [0.4, 0.5) is 0 Å². The van der Waals surface area contributed by atoms with Gasteiger partial charge in [0.25, 0.3) is 5.56 Å². The van der Waals surface area contributed by atoms with E-state index in [2.05, 4.69) is 15.1 Å². The van der Waals surface area contributed by atoms with Crippen LogP contribution in [0, 0.1) is 0 Å². The molecular weight excluding hydrogens is 398 g/mol. The minimum Gasteiger partial charge on any atom is -0.497 e. The van der Waals surface area contributed by atoms with Crippen LogP contribution in [0.5, 0.6) is 11.6 Å². The second-order valence-corrected chi connectivity index (χ2v) is 7.24. The van der Waals surface area contributed by atoms with Crippen molar-refractivity contribution >= 4 is 6.21 Å². The SMILES string of the molecule is COc1cccc(-n2c(O)c(/C=N/N3CCCC[C@@H]3c3cccnc3)c(=O)[nH]c2=O)c1. The Kier molecular flexibility index (Phi) is 5.83. The van der Waals surface area contributed by atoms with Crippen molar-refractivity contribution in [2.75, 3.05) is 13.7 Å². The quantitative estimate of drug-likeness (QED) is 0.611. The second-order valence-electron chi connectivity index (χ2n) is 7.24. The third kappa shape index (κ3) is 4.20. The van der Waals surface area contributed by atoms with E-state index in [-0.39, 0.29) is 11.6 Å². The first-order valence-electron chi connectivity index (χ1n) is 10.0. The Morgan fingerprint density at radius 1 is 1.26 bits per heavy atom. The monoisotopic (exact) mass is 421 g/mol. The molecule has 0 amide bonds. The van der Waals surface area contributed by atoms with Crippen LogP contribution in [0.1, 0.15) is 36.4 Å². The molecule has 1 atom stereocenters. The van der Waals surface area contributed by atoms with Crippen molar-refractivity contribution in [2.24, 2.45) is 5.10 Å². The summed E-state index contributed by atoms with van der Waals surface area (Å²) in [6.45, 7) is 0.713. The van der Waals surface area contributed by atoms with Gasteiger partial charge in [-0.15, -0.1) is 0 Å². The molecule has 0 aliphatic carbocycles. The van der Waals surface area contributed by atoms with Crippen LogP contribution in [-0.2, 0) is 0 Å². The largest absolute Gasteiger partial charge is 0.497 e. The van der Waals surface area contributed by atoms with Crippen molar-refractivity contribution < 1.29 is 9.84 Å². The molecule has 2 aromatic heterocycles. The van der Waals surface area contributed by atoms with E-state index in [1.165, 1.54) is 13.3 Å². The highest BCUT2D eigenvalue weighted by Crippen LogP contribution is 2.30. The number of methoxy groups -OCH3 is 1. The van der Waals surface area contributed by atoms with Crippen LogP contribution < -0.4 is 16.0 Å². The van der Waals surface area contributed by atoms with Gasteiger partial charge in [0, 0.05) is 25.0 Å². The van der Waals surface area contributed by atoms with Gasteiger partial charge in [0.1, 0.15) is 11.3 Å². The first-order chi connectivity index (χ1) is 15.1. The number of aromatic hydroxyl groups is 1. The lowest BCUT2D eigenvalue weighted by molar-refractivity contribution is 0.156. The maximum absolute atomic E-state index is 12.4. The molecule has 0 radical (unpaired) electrons. The maximum Gasteiger partial charge on any atom is 0.335 e. The van der Waals surface area contributed by atoms with Gasteiger partial charge in [-0.1, -0.05) is 12.1 Å². The van der Waals surface area contributed by atoms with E-state index in [0.29, 0.717) is 18.0 Å². The molecule has 0 unspecified atom stereocenters. The van der Waals surface area contributed by atoms with Crippen LogP contribution in [-0.4, -0.2) is 44.5 Å². The van der Waals surface area contributed by atoms with E-state index in [1.54, 1.807) is 30.5 Å². The van der Waals surface area contributed by atoms with Gasteiger partial charge in [-0.3, -0.25) is 19.8 Å². The van der Waals surface area contributed by atoms with Gasteiger partial charge in [-0.05, 0) is 43.0 Å². The molecule has 3 heterocycles. The summed E-state index contributed by atoms with van der Waals surface area (Å²) < 4.78 is 6.20. The number of H-pyrrole nitrogens is 1. The number of nitrogens with one attached hydrogen (secondary N) is 1. The zero-order valence-electron chi connectivity index (χ0n) is 17.1. The van der Waals surface area contributed by atoms with Gasteiger partial charge < -0.3 is 9.84 Å². The Hall–Kier alpha value is -3.88. The number of pyridine rings is 1. The molecule has 1 aliphatic heterocycles. The van der Waals surface area contributed by atoms with E-state index in [4.69, 9.17) is 4.74 Å². The average Bonchev–Trinajstić information content (AvgIpc) is 2.79. The predicted molar refractivity (Wildman–Crippen MR) is 116 cm³/mol. The van der Waals surface area contributed by atoms with Crippen molar-refractivity contribution in [3.05, 3.63) is 80.8 Å². The topological polar surface area (TPSA) is 113 Å². The highest BCUT2D eigenvalue weighted by Gasteiger charge is 2.23. The number of ether oxygens (including phenoxy) is 1. The number of hydrazone groups is 1. The molecule has 0 spiro atoms. The Morgan fingerprint density at radius 3 is 2.90 bits per heavy atom. The van der Waals surface area contributed by atoms with E-state index < -0.39 is 17.1 Å². The van der Waals surface area contributed by atoms with Crippen molar-refractivity contribution in [2.45, 2.75) is 25.3 Å². The van der Waals surface area contributed by atoms with E-state index >= 15 is 0 Å². The van der Waals surface area contributed by atoms with Crippen molar-refractivity contribution in [3.63, 3.8) is 0 Å². The molecule has 1 aliphatic rings. The van der Waals surface area contributed by atoms with Gasteiger partial charge in [0.05, 0.1) is 25.1 Å². The van der Waals surface area contributed by atoms with Crippen LogP contribution in [0.15, 0.2) is 63.5 Å². The van der Waals surface area contributed by atoms with Crippen molar-refractivity contribution in [3.8, 4) is 17.3 Å². The first-order valence-corrected chi connectivity index (χ1v) is 10.0. The van der Waals surface area contributed by atoms with E-state index in [1.807, 2.05) is 23.3 Å². The van der Waals surface area contributed by atoms with Crippen molar-refractivity contribution in [1.29, 1.82) is 0 Å². The smallest absolute Gasteiger partial charge is 0.335 e. The molecule has 160 valence electrons. The number of nitrogens with zero attached hydrogens (tertiary/aromatic N) is 4. The number of hydrogen-bond acceptors (Lipinski definition) is 7. The Labute approximate surface area is 178 Å². The summed E-state index contributed by atoms with van der Waals surface area (Å²) in [5.41, 5.74) is -0.157. The zero-order chi connectivity index (χ0) is 21.8. The number of aromatic nitrogens is 3. The molecule has 31 heavy (non-hydrogen) atoms. The summed E-state index contributed by atoms with van der Waals surface area (Å²) in [4.78, 5) is 31.3. The molecule has 1 fully saturated rings. The third-order valence-corrected chi connectivity index (χ3v) is 5.31. The minimum absolute atomic E-state index is 0.0317. The lowest BCUT2D eigenvalue weighted by Gasteiger charge is -2.33. The summed E-state index contributed by atoms with van der Waals surface area (Å²) in [5.74, 6) is 0.0264. The number of benzene rings is 1. The average molecular weight is 421 g/mol. The fraction of sp³-hybridized carbons (Fsp3) is 0.273. The van der Waals surface area contributed by atoms with Gasteiger partial charge in [0.2, 0.25) is 5.88 Å². The fourth-order valence-corrected chi connectivity index (χ4v) is 3.74. The number of rotatable bonds is 5. The minimum atomic E-state index is -0.751. The number of piperidine rings is 1. The Bertz CT molecular complexity index is 1200. The lowest BCUT2D eigenvalue weighted by atomic mass is 9.98. The fourth-order valence-electron chi connectivity index (χ4n) is 3.74. The Balaban J connectivity index is 1.72. The summed E-state index contributed by atoms with van der Waals surface area (Å²) in [7, 11) is 1.50. The molecule has 0 saturated carbocycles. The molecule has 1 saturated heterocycles. The molecule has 9 heteroatoms. The molecule has 9 nitrogen and oxygen atoms in total. The highest BCUT2D eigenvalue weighted by atomic mass is 16.5. The lowest BCUT2D eigenvalue weighted by Crippen LogP contribution is -2.32. The van der Waals surface area contributed by atoms with Gasteiger partial charge >= 0.3 is 5.69 Å². The van der Waals surface area contributed by atoms with Gasteiger partial charge in [-0.25, -0.2) is 9.36 Å². The Morgan fingerprint density at radius 2 is 2.13 bits per heavy atom. The van der Waals surface area contributed by atoms with Crippen molar-refractivity contribution in [1.82, 2.24) is 19.5 Å². The molecule has 3 aromatic rings.